The SMILES string of the molecule is CC(C)CC(=O)Nc1ccc(NC(=O)C2CCC2C(=O)O)cc1. The smallest absolute Gasteiger partial charge is 0.307 e. The number of anilines is 2. The summed E-state index contributed by atoms with van der Waals surface area (Å²) in [6.07, 6.45) is 1.61. The zero-order valence-electron chi connectivity index (χ0n) is 13.3. The highest BCUT2D eigenvalue weighted by Crippen LogP contribution is 2.35. The van der Waals surface area contributed by atoms with Crippen LogP contribution < -0.4 is 10.6 Å². The van der Waals surface area contributed by atoms with Gasteiger partial charge in [0.1, 0.15) is 0 Å². The fourth-order valence-electron chi connectivity index (χ4n) is 2.56. The first-order valence-corrected chi connectivity index (χ1v) is 7.80. The molecule has 2 rings (SSSR count). The number of nitrogens with one attached hydrogen (secondary N) is 2. The Kier molecular flexibility index (Phi) is 5.36. The Hall–Kier alpha value is -2.37. The molecule has 0 radical (unpaired) electrons. The Morgan fingerprint density at radius 2 is 1.57 bits per heavy atom. The van der Waals surface area contributed by atoms with Crippen molar-refractivity contribution in [1.29, 1.82) is 0 Å². The van der Waals surface area contributed by atoms with Crippen LogP contribution in [0.5, 0.6) is 0 Å². The van der Waals surface area contributed by atoms with E-state index in [9.17, 15) is 14.4 Å². The molecule has 6 nitrogen and oxygen atoms in total. The van der Waals surface area contributed by atoms with Crippen LogP contribution in [0.4, 0.5) is 11.4 Å². The lowest BCUT2D eigenvalue weighted by Gasteiger charge is -2.31. The molecule has 0 aromatic heterocycles. The van der Waals surface area contributed by atoms with Crippen LogP contribution in [0, 0.1) is 17.8 Å². The van der Waals surface area contributed by atoms with Gasteiger partial charge in [-0.2, -0.15) is 0 Å². The molecule has 0 saturated heterocycles. The van der Waals surface area contributed by atoms with E-state index in [0.29, 0.717) is 36.6 Å². The third-order valence-corrected chi connectivity index (χ3v) is 3.96. The molecule has 1 aliphatic carbocycles. The van der Waals surface area contributed by atoms with Crippen molar-refractivity contribution < 1.29 is 19.5 Å². The van der Waals surface area contributed by atoms with Crippen molar-refractivity contribution in [2.24, 2.45) is 17.8 Å². The molecule has 6 heteroatoms. The first-order valence-electron chi connectivity index (χ1n) is 7.80. The van der Waals surface area contributed by atoms with Crippen molar-refractivity contribution >= 4 is 29.2 Å². The minimum absolute atomic E-state index is 0.0458. The highest BCUT2D eigenvalue weighted by Gasteiger charge is 2.41. The van der Waals surface area contributed by atoms with E-state index in [1.807, 2.05) is 13.8 Å². The van der Waals surface area contributed by atoms with Gasteiger partial charge in [-0.3, -0.25) is 14.4 Å². The van der Waals surface area contributed by atoms with Crippen LogP contribution in [0.25, 0.3) is 0 Å². The van der Waals surface area contributed by atoms with E-state index in [1.165, 1.54) is 0 Å². The summed E-state index contributed by atoms with van der Waals surface area (Å²) in [4.78, 5) is 34.7. The normalized spacial score (nSPS) is 19.8. The Bertz CT molecular complexity index is 595. The Labute approximate surface area is 135 Å². The molecule has 1 saturated carbocycles. The summed E-state index contributed by atoms with van der Waals surface area (Å²) in [6.45, 7) is 3.95. The number of benzene rings is 1. The molecule has 2 atom stereocenters. The second kappa shape index (κ2) is 7.26. The van der Waals surface area contributed by atoms with Crippen molar-refractivity contribution in [3.63, 3.8) is 0 Å². The second-order valence-corrected chi connectivity index (χ2v) is 6.34. The van der Waals surface area contributed by atoms with E-state index >= 15 is 0 Å². The Balaban J connectivity index is 1.89. The molecule has 124 valence electrons. The van der Waals surface area contributed by atoms with Crippen molar-refractivity contribution in [1.82, 2.24) is 0 Å². The molecule has 0 aliphatic heterocycles. The van der Waals surface area contributed by atoms with Crippen molar-refractivity contribution in [2.45, 2.75) is 33.1 Å². The van der Waals surface area contributed by atoms with Gasteiger partial charge in [0.25, 0.3) is 0 Å². The number of hydrogen-bond donors (Lipinski definition) is 3. The predicted octanol–water partition coefficient (Wildman–Crippen LogP) is 2.72. The summed E-state index contributed by atoms with van der Waals surface area (Å²) >= 11 is 0. The number of amides is 2. The molecule has 23 heavy (non-hydrogen) atoms. The monoisotopic (exact) mass is 318 g/mol. The molecule has 1 fully saturated rings. The summed E-state index contributed by atoms with van der Waals surface area (Å²) < 4.78 is 0. The van der Waals surface area contributed by atoms with Crippen molar-refractivity contribution in [3.05, 3.63) is 24.3 Å². The summed E-state index contributed by atoms with van der Waals surface area (Å²) in [5.74, 6) is -1.98. The van der Waals surface area contributed by atoms with Gasteiger partial charge in [0.05, 0.1) is 11.8 Å². The van der Waals surface area contributed by atoms with E-state index < -0.39 is 17.8 Å². The van der Waals surface area contributed by atoms with Gasteiger partial charge in [-0.15, -0.1) is 0 Å². The maximum atomic E-state index is 12.0. The van der Waals surface area contributed by atoms with E-state index in [2.05, 4.69) is 10.6 Å². The summed E-state index contributed by atoms with van der Waals surface area (Å²) in [6, 6.07) is 6.81. The number of carboxylic acids is 1. The number of hydrogen-bond acceptors (Lipinski definition) is 3. The molecule has 2 unspecified atom stereocenters. The Morgan fingerprint density at radius 3 is 2.00 bits per heavy atom. The van der Waals surface area contributed by atoms with E-state index in [0.717, 1.165) is 0 Å². The van der Waals surface area contributed by atoms with Gasteiger partial charge in [-0.05, 0) is 43.0 Å². The van der Waals surface area contributed by atoms with Crippen LogP contribution in [0.2, 0.25) is 0 Å². The number of carboxylic acid groups (broad SMARTS) is 1. The molecular formula is C17H22N2O4. The predicted molar refractivity (Wildman–Crippen MR) is 87.0 cm³/mol. The number of carbonyl (C=O) groups excluding carboxylic acids is 2. The zero-order chi connectivity index (χ0) is 17.0. The molecule has 1 aromatic rings. The standard InChI is InChI=1S/C17H22N2O4/c1-10(2)9-15(20)18-11-3-5-12(6-4-11)19-16(21)13-7-8-14(13)17(22)23/h3-6,10,13-14H,7-9H2,1-2H3,(H,18,20)(H,19,21)(H,22,23). The van der Waals surface area contributed by atoms with Gasteiger partial charge in [0, 0.05) is 17.8 Å². The van der Waals surface area contributed by atoms with Gasteiger partial charge in [0.15, 0.2) is 0 Å². The van der Waals surface area contributed by atoms with Crippen LogP contribution in [0.15, 0.2) is 24.3 Å². The van der Waals surface area contributed by atoms with Crippen molar-refractivity contribution in [3.8, 4) is 0 Å². The molecular weight excluding hydrogens is 296 g/mol. The average Bonchev–Trinajstić information content (AvgIpc) is 2.37. The van der Waals surface area contributed by atoms with Crippen LogP contribution in [0.1, 0.15) is 33.1 Å². The quantitative estimate of drug-likeness (QED) is 0.751. The van der Waals surface area contributed by atoms with Gasteiger partial charge in [-0.25, -0.2) is 0 Å². The number of carbonyl (C=O) groups is 3. The number of rotatable bonds is 6. The fraction of sp³-hybridized carbons (Fsp3) is 0.471. The van der Waals surface area contributed by atoms with Crippen LogP contribution in [0.3, 0.4) is 0 Å². The van der Waals surface area contributed by atoms with Crippen LogP contribution in [-0.2, 0) is 14.4 Å². The zero-order valence-corrected chi connectivity index (χ0v) is 13.3. The van der Waals surface area contributed by atoms with Crippen LogP contribution in [-0.4, -0.2) is 22.9 Å². The lowest BCUT2D eigenvalue weighted by Crippen LogP contribution is -2.41. The lowest BCUT2D eigenvalue weighted by molar-refractivity contribution is -0.151. The van der Waals surface area contributed by atoms with Crippen LogP contribution >= 0.6 is 0 Å². The first-order chi connectivity index (χ1) is 10.9. The largest absolute Gasteiger partial charge is 0.481 e. The number of aliphatic carboxylic acids is 1. The first kappa shape index (κ1) is 17.0. The average molecular weight is 318 g/mol. The fourth-order valence-corrected chi connectivity index (χ4v) is 2.56. The maximum absolute atomic E-state index is 12.0. The van der Waals surface area contributed by atoms with E-state index in [-0.39, 0.29) is 11.8 Å². The molecule has 0 heterocycles. The van der Waals surface area contributed by atoms with Crippen molar-refractivity contribution in [2.75, 3.05) is 10.6 Å². The molecule has 0 spiro atoms. The van der Waals surface area contributed by atoms with Gasteiger partial charge < -0.3 is 15.7 Å². The van der Waals surface area contributed by atoms with Gasteiger partial charge >= 0.3 is 5.97 Å². The highest BCUT2D eigenvalue weighted by atomic mass is 16.4. The maximum Gasteiger partial charge on any atom is 0.307 e. The summed E-state index contributed by atoms with van der Waals surface area (Å²) in [7, 11) is 0. The molecule has 0 bridgehead atoms. The van der Waals surface area contributed by atoms with E-state index in [1.54, 1.807) is 24.3 Å². The summed E-state index contributed by atoms with van der Waals surface area (Å²) in [5.41, 5.74) is 1.26. The third-order valence-electron chi connectivity index (χ3n) is 3.96. The molecule has 2 amide bonds. The summed E-state index contributed by atoms with van der Waals surface area (Å²) in [5, 5.41) is 14.5. The molecule has 3 N–H and O–H groups in total. The van der Waals surface area contributed by atoms with E-state index in [4.69, 9.17) is 5.11 Å². The molecule has 1 aromatic carbocycles. The highest BCUT2D eigenvalue weighted by molar-refractivity contribution is 5.96. The minimum Gasteiger partial charge on any atom is -0.481 e. The Morgan fingerprint density at radius 1 is 1.04 bits per heavy atom. The van der Waals surface area contributed by atoms with Gasteiger partial charge in [-0.1, -0.05) is 13.8 Å². The topological polar surface area (TPSA) is 95.5 Å². The third kappa shape index (κ3) is 4.55. The second-order valence-electron chi connectivity index (χ2n) is 6.34. The minimum atomic E-state index is -0.917. The molecule has 1 aliphatic rings. The lowest BCUT2D eigenvalue weighted by atomic mass is 9.73. The van der Waals surface area contributed by atoms with Gasteiger partial charge in [0.2, 0.25) is 11.8 Å².